The first-order valence-corrected chi connectivity index (χ1v) is 6.88. The van der Waals surface area contributed by atoms with Gasteiger partial charge >= 0.3 is 5.97 Å². The summed E-state index contributed by atoms with van der Waals surface area (Å²) in [6.07, 6.45) is 11.2. The van der Waals surface area contributed by atoms with E-state index in [0.717, 1.165) is 12.8 Å². The Kier molecular flexibility index (Phi) is 12.0. The van der Waals surface area contributed by atoms with Gasteiger partial charge in [-0.2, -0.15) is 0 Å². The van der Waals surface area contributed by atoms with Crippen LogP contribution >= 0.6 is 22.6 Å². The van der Waals surface area contributed by atoms with Crippen molar-refractivity contribution in [2.45, 2.75) is 51.4 Å². The second-order valence-corrected chi connectivity index (χ2v) is 4.32. The Labute approximate surface area is 107 Å². The van der Waals surface area contributed by atoms with Crippen LogP contribution in [0.5, 0.6) is 0 Å². The maximum Gasteiger partial charge on any atom is 0.305 e. The highest BCUT2D eigenvalue weighted by Gasteiger charge is 1.98. The minimum atomic E-state index is -0.0813. The highest BCUT2D eigenvalue weighted by molar-refractivity contribution is 14.1. The summed E-state index contributed by atoms with van der Waals surface area (Å²) >= 11 is 2.25. The zero-order valence-corrected chi connectivity index (χ0v) is 11.7. The van der Waals surface area contributed by atoms with E-state index in [0.29, 0.717) is 6.42 Å². The number of ether oxygens (including phenoxy) is 1. The average Bonchev–Trinajstić information content (AvgIpc) is 2.26. The molecule has 0 heterocycles. The van der Waals surface area contributed by atoms with Crippen LogP contribution in [0.1, 0.15) is 51.4 Å². The molecule has 3 heteroatoms. The molecule has 0 amide bonds. The van der Waals surface area contributed by atoms with Crippen molar-refractivity contribution in [1.82, 2.24) is 0 Å². The zero-order valence-electron chi connectivity index (χ0n) is 9.51. The molecular formula is C12H21IO2. The molecule has 0 bridgehead atoms. The molecular weight excluding hydrogens is 303 g/mol. The maximum atomic E-state index is 10.8. The summed E-state index contributed by atoms with van der Waals surface area (Å²) in [6, 6.07) is 0. The van der Waals surface area contributed by atoms with Gasteiger partial charge in [0.15, 0.2) is 0 Å². The van der Waals surface area contributed by atoms with Gasteiger partial charge in [-0.25, -0.2) is 0 Å². The fraction of sp³-hybridized carbons (Fsp3) is 0.750. The average molecular weight is 324 g/mol. The molecule has 88 valence electrons. The van der Waals surface area contributed by atoms with Gasteiger partial charge in [-0.05, 0) is 23.3 Å². The highest BCUT2D eigenvalue weighted by Crippen LogP contribution is 2.09. The van der Waals surface area contributed by atoms with Crippen molar-refractivity contribution < 1.29 is 9.53 Å². The summed E-state index contributed by atoms with van der Waals surface area (Å²) in [5.74, 6) is -0.0813. The molecule has 0 aromatic carbocycles. The van der Waals surface area contributed by atoms with Crippen LogP contribution in [0.4, 0.5) is 0 Å². The summed E-state index contributed by atoms with van der Waals surface area (Å²) < 4.78 is 6.65. The van der Waals surface area contributed by atoms with Crippen molar-refractivity contribution >= 4 is 28.6 Å². The number of halogens is 1. The number of methoxy groups -OCH3 is 1. The molecule has 0 aromatic rings. The lowest BCUT2D eigenvalue weighted by Crippen LogP contribution is -1.99. The van der Waals surface area contributed by atoms with E-state index in [1.54, 1.807) is 0 Å². The molecule has 15 heavy (non-hydrogen) atoms. The van der Waals surface area contributed by atoms with Gasteiger partial charge < -0.3 is 4.74 Å². The van der Waals surface area contributed by atoms with Crippen LogP contribution in [0.3, 0.4) is 0 Å². The molecule has 0 saturated carbocycles. The summed E-state index contributed by atoms with van der Waals surface area (Å²) in [5.41, 5.74) is 0. The third-order valence-electron chi connectivity index (χ3n) is 2.32. The SMILES string of the molecule is COC(=O)CCCCCCCCC=CI. The van der Waals surface area contributed by atoms with Crippen LogP contribution in [-0.2, 0) is 9.53 Å². The Bertz CT molecular complexity index is 178. The van der Waals surface area contributed by atoms with E-state index in [9.17, 15) is 4.79 Å². The van der Waals surface area contributed by atoms with Gasteiger partial charge in [0, 0.05) is 6.42 Å². The second kappa shape index (κ2) is 12.0. The molecule has 0 unspecified atom stereocenters. The largest absolute Gasteiger partial charge is 0.469 e. The Morgan fingerprint density at radius 3 is 2.33 bits per heavy atom. The Hall–Kier alpha value is -0.0600. The van der Waals surface area contributed by atoms with Gasteiger partial charge in [0.25, 0.3) is 0 Å². The van der Waals surface area contributed by atoms with Crippen LogP contribution in [0.15, 0.2) is 10.2 Å². The molecule has 0 saturated heterocycles. The predicted molar refractivity (Wildman–Crippen MR) is 72.1 cm³/mol. The molecule has 0 rings (SSSR count). The van der Waals surface area contributed by atoms with Gasteiger partial charge in [-0.3, -0.25) is 4.79 Å². The summed E-state index contributed by atoms with van der Waals surface area (Å²) in [5, 5.41) is 0. The van der Waals surface area contributed by atoms with Crippen LogP contribution in [0.2, 0.25) is 0 Å². The second-order valence-electron chi connectivity index (χ2n) is 3.60. The standard InChI is InChI=1S/C12H21IO2/c1-15-12(14)10-8-6-4-2-3-5-7-9-11-13/h9,11H,2-8,10H2,1H3. The molecule has 0 aromatic heterocycles. The minimum Gasteiger partial charge on any atom is -0.469 e. The zero-order chi connectivity index (χ0) is 11.4. The fourth-order valence-electron chi connectivity index (χ4n) is 1.40. The topological polar surface area (TPSA) is 26.3 Å². The molecule has 0 spiro atoms. The van der Waals surface area contributed by atoms with Gasteiger partial charge in [0.2, 0.25) is 0 Å². The third kappa shape index (κ3) is 11.9. The number of unbranched alkanes of at least 4 members (excludes halogenated alkanes) is 6. The molecule has 0 fully saturated rings. The number of carbonyl (C=O) groups is 1. The van der Waals surface area contributed by atoms with Crippen molar-refractivity contribution in [2.75, 3.05) is 7.11 Å². The minimum absolute atomic E-state index is 0.0813. The number of hydrogen-bond donors (Lipinski definition) is 0. The lowest BCUT2D eigenvalue weighted by atomic mass is 10.1. The molecule has 0 atom stereocenters. The Morgan fingerprint density at radius 1 is 1.13 bits per heavy atom. The van der Waals surface area contributed by atoms with Gasteiger partial charge in [0.1, 0.15) is 0 Å². The quantitative estimate of drug-likeness (QED) is 0.360. The van der Waals surface area contributed by atoms with Gasteiger partial charge in [-0.1, -0.05) is 54.4 Å². The van der Waals surface area contributed by atoms with Crippen molar-refractivity contribution in [3.63, 3.8) is 0 Å². The highest BCUT2D eigenvalue weighted by atomic mass is 127. The number of allylic oxidation sites excluding steroid dienone is 1. The van der Waals surface area contributed by atoms with E-state index in [-0.39, 0.29) is 5.97 Å². The van der Waals surface area contributed by atoms with Crippen molar-refractivity contribution in [1.29, 1.82) is 0 Å². The summed E-state index contributed by atoms with van der Waals surface area (Å²) in [6.45, 7) is 0. The number of carbonyl (C=O) groups excluding carboxylic acids is 1. The fourth-order valence-corrected chi connectivity index (χ4v) is 1.76. The van der Waals surface area contributed by atoms with E-state index in [2.05, 4.69) is 37.5 Å². The third-order valence-corrected chi connectivity index (χ3v) is 2.83. The number of hydrogen-bond acceptors (Lipinski definition) is 2. The lowest BCUT2D eigenvalue weighted by Gasteiger charge is -2.00. The first kappa shape index (κ1) is 14.9. The van der Waals surface area contributed by atoms with Crippen molar-refractivity contribution in [2.24, 2.45) is 0 Å². The molecule has 0 N–H and O–H groups in total. The molecule has 0 aliphatic carbocycles. The van der Waals surface area contributed by atoms with Crippen molar-refractivity contribution in [3.8, 4) is 0 Å². The van der Waals surface area contributed by atoms with Crippen LogP contribution < -0.4 is 0 Å². The summed E-state index contributed by atoms with van der Waals surface area (Å²) in [7, 11) is 1.45. The molecule has 0 aliphatic rings. The van der Waals surface area contributed by atoms with Gasteiger partial charge in [-0.15, -0.1) is 0 Å². The maximum absolute atomic E-state index is 10.8. The molecule has 0 aliphatic heterocycles. The van der Waals surface area contributed by atoms with Gasteiger partial charge in [0.05, 0.1) is 7.11 Å². The monoisotopic (exact) mass is 324 g/mol. The van der Waals surface area contributed by atoms with E-state index < -0.39 is 0 Å². The van der Waals surface area contributed by atoms with E-state index in [4.69, 9.17) is 0 Å². The lowest BCUT2D eigenvalue weighted by molar-refractivity contribution is -0.140. The summed E-state index contributed by atoms with van der Waals surface area (Å²) in [4.78, 5) is 10.8. The smallest absolute Gasteiger partial charge is 0.305 e. The number of esters is 1. The Balaban J connectivity index is 3.02. The van der Waals surface area contributed by atoms with Crippen LogP contribution in [0, 0.1) is 0 Å². The van der Waals surface area contributed by atoms with Crippen molar-refractivity contribution in [3.05, 3.63) is 10.2 Å². The molecule has 2 nitrogen and oxygen atoms in total. The first-order chi connectivity index (χ1) is 7.31. The van der Waals surface area contributed by atoms with Crippen LogP contribution in [-0.4, -0.2) is 13.1 Å². The normalized spacial score (nSPS) is 10.8. The van der Waals surface area contributed by atoms with E-state index >= 15 is 0 Å². The van der Waals surface area contributed by atoms with Crippen LogP contribution in [0.25, 0.3) is 0 Å². The Morgan fingerprint density at radius 2 is 1.73 bits per heavy atom. The van der Waals surface area contributed by atoms with E-state index in [1.165, 1.54) is 39.2 Å². The van der Waals surface area contributed by atoms with E-state index in [1.807, 2.05) is 0 Å². The predicted octanol–water partition coefficient (Wildman–Crippen LogP) is 4.23. The number of rotatable bonds is 9. The first-order valence-electron chi connectivity index (χ1n) is 5.63. The molecule has 0 radical (unpaired) electrons.